The first kappa shape index (κ1) is 25.7. The number of para-hydroxylation sites is 1. The normalized spacial score (nSPS) is 10.5. The Balaban J connectivity index is 1.53. The van der Waals surface area contributed by atoms with E-state index in [1.54, 1.807) is 42.5 Å². The van der Waals surface area contributed by atoms with E-state index in [2.05, 4.69) is 25.9 Å². The second kappa shape index (κ2) is 11.6. The van der Waals surface area contributed by atoms with Crippen LogP contribution in [0.15, 0.2) is 72.8 Å². The molecule has 9 nitrogen and oxygen atoms in total. The van der Waals surface area contributed by atoms with Gasteiger partial charge in [0.2, 0.25) is 5.75 Å². The molecule has 0 saturated carbocycles. The van der Waals surface area contributed by atoms with E-state index in [0.29, 0.717) is 26.9 Å². The molecule has 4 rings (SSSR count). The van der Waals surface area contributed by atoms with E-state index >= 15 is 0 Å². The number of aromatic hydroxyl groups is 2. The summed E-state index contributed by atoms with van der Waals surface area (Å²) in [5.74, 6) is -2.31. The number of hydrogen-bond donors (Lipinski definition) is 5. The molecule has 5 N–H and O–H groups in total. The average molecular weight is 538 g/mol. The molecular formula is C26H21Cl2N5O4. The van der Waals surface area contributed by atoms with Gasteiger partial charge in [0, 0.05) is 18.7 Å². The Kier molecular flexibility index (Phi) is 8.07. The Morgan fingerprint density at radius 3 is 2.32 bits per heavy atom. The van der Waals surface area contributed by atoms with Crippen LogP contribution in [0.3, 0.4) is 0 Å². The fraction of sp³-hybridized carbons (Fsp3) is 0.0769. The van der Waals surface area contributed by atoms with E-state index in [1.165, 1.54) is 0 Å². The molecule has 3 amide bonds. The summed E-state index contributed by atoms with van der Waals surface area (Å²) in [6.07, 6.45) is 0. The van der Waals surface area contributed by atoms with Crippen molar-refractivity contribution in [3.8, 4) is 23.0 Å². The lowest BCUT2D eigenvalue weighted by Gasteiger charge is -2.13. The maximum absolute atomic E-state index is 12.7. The number of anilines is 1. The molecule has 3 aromatic carbocycles. The van der Waals surface area contributed by atoms with Crippen molar-refractivity contribution in [3.05, 3.63) is 99.7 Å². The van der Waals surface area contributed by atoms with Crippen LogP contribution in [0.1, 0.15) is 21.6 Å². The number of carbonyl (C=O) groups is 2. The van der Waals surface area contributed by atoms with Crippen LogP contribution in [-0.4, -0.2) is 32.1 Å². The molecule has 1 heterocycles. The highest BCUT2D eigenvalue weighted by Gasteiger charge is 2.21. The fourth-order valence-corrected chi connectivity index (χ4v) is 3.78. The number of amides is 3. The number of halogens is 2. The summed E-state index contributed by atoms with van der Waals surface area (Å²) in [5.41, 5.74) is 1.68. The van der Waals surface area contributed by atoms with E-state index in [0.717, 1.165) is 5.56 Å². The van der Waals surface area contributed by atoms with Gasteiger partial charge in [0.15, 0.2) is 11.5 Å². The minimum atomic E-state index is -0.773. The number of carbonyl (C=O) groups excluding carboxylic acids is 2. The van der Waals surface area contributed by atoms with Crippen molar-refractivity contribution in [3.63, 3.8) is 0 Å². The Hall–Kier alpha value is -4.34. The predicted molar refractivity (Wildman–Crippen MR) is 141 cm³/mol. The number of hydrogen-bond acceptors (Lipinski definition) is 6. The standard InChI is InChI=1S/C26H21Cl2N5O4/c27-18-11-6-9-16(20(18)28)14-30-26(37)31-19-12-5-4-10-17(19)23-32-21(22(34)25(36)33-23)24(35)29-13-15-7-2-1-3-8-15/h1-12,34H,13-14H2,(H,29,35)(H2,30,31,37)(H,32,33,36). The molecule has 0 atom stereocenters. The van der Waals surface area contributed by atoms with Crippen LogP contribution in [-0.2, 0) is 13.1 Å². The topological polar surface area (TPSA) is 136 Å². The molecule has 0 spiro atoms. The van der Waals surface area contributed by atoms with Gasteiger partial charge in [-0.3, -0.25) is 4.79 Å². The van der Waals surface area contributed by atoms with Gasteiger partial charge in [0.1, 0.15) is 0 Å². The summed E-state index contributed by atoms with van der Waals surface area (Å²) < 4.78 is 0. The minimum absolute atomic E-state index is 0.0750. The third-order valence-corrected chi connectivity index (χ3v) is 6.12. The highest BCUT2D eigenvalue weighted by atomic mass is 35.5. The summed E-state index contributed by atoms with van der Waals surface area (Å²) in [7, 11) is 0. The number of aromatic nitrogens is 2. The van der Waals surface area contributed by atoms with E-state index in [-0.39, 0.29) is 18.9 Å². The van der Waals surface area contributed by atoms with Crippen molar-refractivity contribution in [2.75, 3.05) is 5.32 Å². The van der Waals surface area contributed by atoms with Gasteiger partial charge in [0.05, 0.1) is 15.7 Å². The maximum Gasteiger partial charge on any atom is 0.319 e. The monoisotopic (exact) mass is 537 g/mol. The van der Waals surface area contributed by atoms with Crippen LogP contribution < -0.4 is 16.0 Å². The van der Waals surface area contributed by atoms with Gasteiger partial charge in [0.25, 0.3) is 11.8 Å². The SMILES string of the molecule is O=C(NCc1cccc(Cl)c1Cl)Nc1ccccc1-c1nc(O)c(O)c(C(=O)NCc2ccccc2)n1. The summed E-state index contributed by atoms with van der Waals surface area (Å²) >= 11 is 12.2. The summed E-state index contributed by atoms with van der Waals surface area (Å²) in [4.78, 5) is 33.4. The number of benzene rings is 3. The summed E-state index contributed by atoms with van der Waals surface area (Å²) in [6.45, 7) is 0.309. The lowest BCUT2D eigenvalue weighted by atomic mass is 10.1. The molecule has 37 heavy (non-hydrogen) atoms. The molecule has 0 bridgehead atoms. The van der Waals surface area contributed by atoms with Crippen LogP contribution in [0.5, 0.6) is 11.6 Å². The first-order valence-corrected chi connectivity index (χ1v) is 11.8. The van der Waals surface area contributed by atoms with Crippen LogP contribution in [0.25, 0.3) is 11.4 Å². The lowest BCUT2D eigenvalue weighted by Crippen LogP contribution is -2.28. The van der Waals surface area contributed by atoms with E-state index in [1.807, 2.05) is 30.3 Å². The summed E-state index contributed by atoms with van der Waals surface area (Å²) in [6, 6.07) is 20.3. The zero-order valence-corrected chi connectivity index (χ0v) is 20.7. The first-order valence-electron chi connectivity index (χ1n) is 11.0. The molecule has 11 heteroatoms. The Labute approximate surface area is 222 Å². The van der Waals surface area contributed by atoms with Gasteiger partial charge in [-0.25, -0.2) is 9.78 Å². The molecule has 4 aromatic rings. The lowest BCUT2D eigenvalue weighted by molar-refractivity contribution is 0.0941. The molecule has 0 saturated heterocycles. The van der Waals surface area contributed by atoms with Crippen LogP contribution >= 0.6 is 23.2 Å². The van der Waals surface area contributed by atoms with E-state index in [4.69, 9.17) is 23.2 Å². The Bertz CT molecular complexity index is 1450. The van der Waals surface area contributed by atoms with Crippen LogP contribution in [0.4, 0.5) is 10.5 Å². The molecule has 0 aliphatic carbocycles. The molecule has 0 radical (unpaired) electrons. The average Bonchev–Trinajstić information content (AvgIpc) is 2.90. The van der Waals surface area contributed by atoms with E-state index < -0.39 is 29.3 Å². The zero-order valence-electron chi connectivity index (χ0n) is 19.2. The van der Waals surface area contributed by atoms with Gasteiger partial charge in [-0.15, -0.1) is 0 Å². The quantitative estimate of drug-likeness (QED) is 0.222. The number of rotatable bonds is 7. The minimum Gasteiger partial charge on any atom is -0.501 e. The third kappa shape index (κ3) is 6.27. The molecule has 0 aliphatic rings. The zero-order chi connectivity index (χ0) is 26.4. The van der Waals surface area contributed by atoms with Crippen LogP contribution in [0, 0.1) is 0 Å². The summed E-state index contributed by atoms with van der Waals surface area (Å²) in [5, 5.41) is 29.2. The van der Waals surface area contributed by atoms with Gasteiger partial charge in [-0.05, 0) is 29.3 Å². The first-order chi connectivity index (χ1) is 17.8. The number of nitrogens with zero attached hydrogens (tertiary/aromatic N) is 2. The van der Waals surface area contributed by atoms with Gasteiger partial charge in [-0.2, -0.15) is 4.98 Å². The van der Waals surface area contributed by atoms with Crippen molar-refractivity contribution >= 4 is 40.8 Å². The largest absolute Gasteiger partial charge is 0.501 e. The smallest absolute Gasteiger partial charge is 0.319 e. The second-order valence-electron chi connectivity index (χ2n) is 7.80. The number of nitrogens with one attached hydrogen (secondary N) is 3. The Morgan fingerprint density at radius 2 is 1.54 bits per heavy atom. The van der Waals surface area contributed by atoms with Crippen molar-refractivity contribution in [1.82, 2.24) is 20.6 Å². The van der Waals surface area contributed by atoms with Crippen molar-refractivity contribution in [2.24, 2.45) is 0 Å². The molecule has 0 fully saturated rings. The number of urea groups is 1. The maximum atomic E-state index is 12.7. The molecule has 188 valence electrons. The molecule has 1 aromatic heterocycles. The third-order valence-electron chi connectivity index (χ3n) is 5.26. The van der Waals surface area contributed by atoms with E-state index in [9.17, 15) is 19.8 Å². The second-order valence-corrected chi connectivity index (χ2v) is 8.59. The predicted octanol–water partition coefficient (Wildman–Crippen LogP) is 5.11. The fourth-order valence-electron chi connectivity index (χ4n) is 3.40. The van der Waals surface area contributed by atoms with Crippen molar-refractivity contribution in [2.45, 2.75) is 13.1 Å². The van der Waals surface area contributed by atoms with Crippen molar-refractivity contribution < 1.29 is 19.8 Å². The Morgan fingerprint density at radius 1 is 0.811 bits per heavy atom. The van der Waals surface area contributed by atoms with Crippen molar-refractivity contribution in [1.29, 1.82) is 0 Å². The highest BCUT2D eigenvalue weighted by Crippen LogP contribution is 2.32. The molecule has 0 unspecified atom stereocenters. The van der Waals surface area contributed by atoms with Gasteiger partial charge >= 0.3 is 6.03 Å². The van der Waals surface area contributed by atoms with Gasteiger partial charge in [-0.1, -0.05) is 77.8 Å². The van der Waals surface area contributed by atoms with Crippen LogP contribution in [0.2, 0.25) is 10.0 Å². The molecule has 0 aliphatic heterocycles. The highest BCUT2D eigenvalue weighted by molar-refractivity contribution is 6.42. The van der Waals surface area contributed by atoms with Gasteiger partial charge < -0.3 is 26.2 Å². The molecular weight excluding hydrogens is 517 g/mol.